The van der Waals surface area contributed by atoms with E-state index in [4.69, 9.17) is 18.9 Å². The average Bonchev–Trinajstić information content (AvgIpc) is 3.57. The first-order chi connectivity index (χ1) is 23.3. The number of anilines is 2. The first-order valence-electron chi connectivity index (χ1n) is 16.8. The molecular formula is C37H43N7O3. The highest BCUT2D eigenvalue weighted by Crippen LogP contribution is 2.28. The highest BCUT2D eigenvalue weighted by atomic mass is 16.5. The lowest BCUT2D eigenvalue weighted by Crippen LogP contribution is -2.46. The van der Waals surface area contributed by atoms with Gasteiger partial charge in [-0.15, -0.1) is 0 Å². The Hall–Kier alpha value is -4.67. The minimum atomic E-state index is 0.598. The Morgan fingerprint density at radius 1 is 0.574 bits per heavy atom. The van der Waals surface area contributed by atoms with E-state index in [1.54, 1.807) is 0 Å². The molecule has 2 aliphatic heterocycles. The van der Waals surface area contributed by atoms with E-state index in [9.17, 15) is 0 Å². The fraction of sp³-hybridized carbons (Fsp3) is 0.378. The SMILES string of the molecule is c1cc(N2CCN(CCCOc3ccc(-c4nc5ccc(OCCCN6CCN(c7ccncc7)CC6)cc5o4)cc3)CC2)ccn1. The molecule has 2 fully saturated rings. The van der Waals surface area contributed by atoms with E-state index >= 15 is 0 Å². The zero-order valence-corrected chi connectivity index (χ0v) is 26.9. The standard InChI is InChI=1S/C37H43N7O3/c1(17-41-19-23-43(24-20-41)31-9-13-38-14-10-31)27-45-33-5-3-30(4-6-33)37-40-35-8-7-34(29-36(35)47-37)46-28-2-18-42-21-25-44(26-22-42)32-11-15-39-16-12-32/h3-16,29H,1-2,17-28H2. The van der Waals surface area contributed by atoms with Gasteiger partial charge in [-0.25, -0.2) is 4.98 Å². The normalized spacial score (nSPS) is 16.1. The second kappa shape index (κ2) is 15.3. The molecule has 0 aliphatic carbocycles. The first kappa shape index (κ1) is 31.0. The number of piperazine rings is 2. The Balaban J connectivity index is 0.811. The van der Waals surface area contributed by atoms with Gasteiger partial charge in [-0.05, 0) is 73.5 Å². The van der Waals surface area contributed by atoms with Gasteiger partial charge in [0, 0.05) is 113 Å². The number of benzene rings is 2. The van der Waals surface area contributed by atoms with Crippen LogP contribution in [0.2, 0.25) is 0 Å². The summed E-state index contributed by atoms with van der Waals surface area (Å²) in [5, 5.41) is 0. The molecule has 2 aliphatic rings. The molecule has 0 radical (unpaired) electrons. The van der Waals surface area contributed by atoms with Crippen molar-refractivity contribution in [2.45, 2.75) is 12.8 Å². The molecule has 2 aromatic carbocycles. The Bertz CT molecular complexity index is 1670. The number of oxazole rings is 1. The Morgan fingerprint density at radius 2 is 1.09 bits per heavy atom. The minimum absolute atomic E-state index is 0.598. The number of nitrogens with zero attached hydrogens (tertiary/aromatic N) is 7. The second-order valence-corrected chi connectivity index (χ2v) is 12.1. The zero-order valence-electron chi connectivity index (χ0n) is 26.9. The van der Waals surface area contributed by atoms with Crippen LogP contribution < -0.4 is 19.3 Å². The Labute approximate surface area is 276 Å². The summed E-state index contributed by atoms with van der Waals surface area (Å²) in [4.78, 5) is 22.8. The van der Waals surface area contributed by atoms with Gasteiger partial charge < -0.3 is 23.7 Å². The van der Waals surface area contributed by atoms with Crippen LogP contribution >= 0.6 is 0 Å². The van der Waals surface area contributed by atoms with E-state index in [1.165, 1.54) is 11.4 Å². The third-order valence-corrected chi connectivity index (χ3v) is 9.04. The summed E-state index contributed by atoms with van der Waals surface area (Å²) in [5.74, 6) is 2.27. The molecule has 244 valence electrons. The van der Waals surface area contributed by atoms with E-state index < -0.39 is 0 Å². The van der Waals surface area contributed by atoms with Gasteiger partial charge in [0.1, 0.15) is 17.0 Å². The van der Waals surface area contributed by atoms with Gasteiger partial charge in [-0.1, -0.05) is 0 Å². The van der Waals surface area contributed by atoms with Crippen molar-refractivity contribution in [1.29, 1.82) is 0 Å². The third kappa shape index (κ3) is 8.19. The molecule has 5 aromatic rings. The second-order valence-electron chi connectivity index (χ2n) is 12.1. The molecule has 47 heavy (non-hydrogen) atoms. The molecule has 10 nitrogen and oxygen atoms in total. The van der Waals surface area contributed by atoms with Gasteiger partial charge in [-0.3, -0.25) is 19.8 Å². The zero-order chi connectivity index (χ0) is 31.7. The number of fused-ring (bicyclic) bond motifs is 1. The van der Waals surface area contributed by atoms with E-state index in [0.717, 1.165) is 106 Å². The molecule has 5 heterocycles. The summed E-state index contributed by atoms with van der Waals surface area (Å²) in [7, 11) is 0. The highest BCUT2D eigenvalue weighted by Gasteiger charge is 2.18. The van der Waals surface area contributed by atoms with Gasteiger partial charge >= 0.3 is 0 Å². The van der Waals surface area contributed by atoms with Crippen LogP contribution in [0.4, 0.5) is 11.4 Å². The van der Waals surface area contributed by atoms with E-state index in [2.05, 4.69) is 53.8 Å². The van der Waals surface area contributed by atoms with Gasteiger partial charge in [0.25, 0.3) is 0 Å². The third-order valence-electron chi connectivity index (χ3n) is 9.04. The summed E-state index contributed by atoms with van der Waals surface area (Å²) in [5.41, 5.74) is 4.98. The predicted molar refractivity (Wildman–Crippen MR) is 185 cm³/mol. The summed E-state index contributed by atoms with van der Waals surface area (Å²) in [6, 6.07) is 22.2. The fourth-order valence-electron chi connectivity index (χ4n) is 6.34. The molecular weight excluding hydrogens is 590 g/mol. The number of ether oxygens (including phenoxy) is 2. The molecule has 0 spiro atoms. The largest absolute Gasteiger partial charge is 0.494 e. The van der Waals surface area contributed by atoms with Crippen molar-refractivity contribution in [2.24, 2.45) is 0 Å². The number of aromatic nitrogens is 3. The van der Waals surface area contributed by atoms with E-state index in [0.29, 0.717) is 19.1 Å². The Kier molecular flexibility index (Phi) is 10.1. The lowest BCUT2D eigenvalue weighted by molar-refractivity contribution is 0.224. The van der Waals surface area contributed by atoms with Crippen molar-refractivity contribution in [2.75, 3.05) is 88.5 Å². The van der Waals surface area contributed by atoms with Gasteiger partial charge in [0.05, 0.1) is 13.2 Å². The van der Waals surface area contributed by atoms with Crippen LogP contribution in [-0.4, -0.2) is 103 Å². The van der Waals surface area contributed by atoms with Crippen LogP contribution in [0.1, 0.15) is 12.8 Å². The monoisotopic (exact) mass is 633 g/mol. The topological polar surface area (TPSA) is 83.2 Å². The summed E-state index contributed by atoms with van der Waals surface area (Å²) in [6.07, 6.45) is 9.42. The predicted octanol–water partition coefficient (Wildman–Crippen LogP) is 5.47. The van der Waals surface area contributed by atoms with Gasteiger partial charge in [-0.2, -0.15) is 0 Å². The maximum absolute atomic E-state index is 6.12. The van der Waals surface area contributed by atoms with Crippen molar-refractivity contribution < 1.29 is 13.9 Å². The average molecular weight is 634 g/mol. The van der Waals surface area contributed by atoms with Crippen molar-refractivity contribution in [3.63, 3.8) is 0 Å². The van der Waals surface area contributed by atoms with Crippen molar-refractivity contribution in [1.82, 2.24) is 24.8 Å². The van der Waals surface area contributed by atoms with Crippen LogP contribution in [0.5, 0.6) is 11.5 Å². The molecule has 2 saturated heterocycles. The van der Waals surface area contributed by atoms with Crippen LogP contribution in [0.25, 0.3) is 22.6 Å². The van der Waals surface area contributed by atoms with Gasteiger partial charge in [0.2, 0.25) is 5.89 Å². The number of hydrogen-bond acceptors (Lipinski definition) is 10. The quantitative estimate of drug-likeness (QED) is 0.156. The number of rotatable bonds is 13. The molecule has 0 atom stereocenters. The molecule has 0 saturated carbocycles. The molecule has 0 bridgehead atoms. The molecule has 0 N–H and O–H groups in total. The van der Waals surface area contributed by atoms with Crippen LogP contribution in [-0.2, 0) is 0 Å². The maximum atomic E-state index is 6.12. The fourth-order valence-corrected chi connectivity index (χ4v) is 6.34. The summed E-state index contributed by atoms with van der Waals surface area (Å²) in [6.45, 7) is 11.9. The van der Waals surface area contributed by atoms with Gasteiger partial charge in [0.15, 0.2) is 5.58 Å². The van der Waals surface area contributed by atoms with E-state index in [-0.39, 0.29) is 0 Å². The molecule has 0 unspecified atom stereocenters. The molecule has 3 aromatic heterocycles. The lowest BCUT2D eigenvalue weighted by atomic mass is 10.2. The Morgan fingerprint density at radius 3 is 1.64 bits per heavy atom. The van der Waals surface area contributed by atoms with Crippen LogP contribution in [0.3, 0.4) is 0 Å². The minimum Gasteiger partial charge on any atom is -0.494 e. The molecule has 0 amide bonds. The number of pyridine rings is 2. The van der Waals surface area contributed by atoms with Crippen LogP contribution in [0.15, 0.2) is 95.9 Å². The highest BCUT2D eigenvalue weighted by molar-refractivity contribution is 5.77. The summed E-state index contributed by atoms with van der Waals surface area (Å²) >= 11 is 0. The van der Waals surface area contributed by atoms with E-state index in [1.807, 2.05) is 67.3 Å². The first-order valence-corrected chi connectivity index (χ1v) is 16.8. The summed E-state index contributed by atoms with van der Waals surface area (Å²) < 4.78 is 18.2. The smallest absolute Gasteiger partial charge is 0.227 e. The maximum Gasteiger partial charge on any atom is 0.227 e. The number of hydrogen-bond donors (Lipinski definition) is 0. The van der Waals surface area contributed by atoms with Crippen molar-refractivity contribution in [3.05, 3.63) is 91.5 Å². The van der Waals surface area contributed by atoms with Crippen molar-refractivity contribution >= 4 is 22.5 Å². The lowest BCUT2D eigenvalue weighted by Gasteiger charge is -2.36. The molecule has 10 heteroatoms. The van der Waals surface area contributed by atoms with Crippen molar-refractivity contribution in [3.8, 4) is 23.0 Å². The molecule has 7 rings (SSSR count). The van der Waals surface area contributed by atoms with Crippen LogP contribution in [0, 0.1) is 0 Å².